The smallest absolute Gasteiger partial charge is 0.379 e. The quantitative estimate of drug-likeness (QED) is 0.284. The van der Waals surface area contributed by atoms with E-state index in [0.29, 0.717) is 0 Å². The summed E-state index contributed by atoms with van der Waals surface area (Å²) in [5.41, 5.74) is 0. The maximum absolute atomic E-state index is 14.2. The van der Waals surface area contributed by atoms with E-state index in [1.165, 1.54) is 4.90 Å². The Bertz CT molecular complexity index is 961. The number of hydrogen-bond acceptors (Lipinski definition) is 4. The summed E-state index contributed by atoms with van der Waals surface area (Å²) in [6, 6.07) is 0. The molecule has 234 valence electrons. The molecule has 0 amide bonds. The zero-order chi connectivity index (χ0) is 31.3. The fourth-order valence-electron chi connectivity index (χ4n) is 2.91. The fraction of sp³-hybridized carbons (Fsp3) is 1.00. The number of nitrogens with zero attached hydrogens (tertiary/aromatic N) is 2. The highest BCUT2D eigenvalue weighted by molar-refractivity contribution is 7.90. The van der Waals surface area contributed by atoms with Crippen LogP contribution in [0.4, 0.5) is 74.6 Å². The number of morpholine rings is 1. The Balaban J connectivity index is 3.36. The molecule has 1 aliphatic heterocycles. The van der Waals surface area contributed by atoms with Crippen LogP contribution in [0, 0.1) is 0 Å². The number of hydrogen-bond donors (Lipinski definition) is 0. The molecule has 0 bridgehead atoms. The van der Waals surface area contributed by atoms with Crippen molar-refractivity contribution >= 4 is 10.0 Å². The van der Waals surface area contributed by atoms with Crippen molar-refractivity contribution in [1.82, 2.24) is 9.21 Å². The lowest BCUT2D eigenvalue weighted by molar-refractivity contribution is -0.411. The zero-order valence-electron chi connectivity index (χ0n) is 18.9. The molecule has 1 fully saturated rings. The lowest BCUT2D eigenvalue weighted by Gasteiger charge is -2.40. The summed E-state index contributed by atoms with van der Waals surface area (Å²) in [5.74, 6) is -47.1. The molecular formula is C16H17F17N2O3S. The average molecular weight is 640 g/mol. The van der Waals surface area contributed by atoms with Crippen LogP contribution >= 0.6 is 0 Å². The number of halogens is 17. The molecule has 0 saturated carbocycles. The van der Waals surface area contributed by atoms with Crippen LogP contribution in [0.15, 0.2) is 0 Å². The van der Waals surface area contributed by atoms with Crippen LogP contribution in [0.25, 0.3) is 0 Å². The molecule has 1 aliphatic rings. The predicted molar refractivity (Wildman–Crippen MR) is 94.1 cm³/mol. The number of likely N-dealkylation sites (N-methyl/N-ethyl adjacent to an activating group) is 1. The summed E-state index contributed by atoms with van der Waals surface area (Å²) in [7, 11) is -6.98. The summed E-state index contributed by atoms with van der Waals surface area (Å²) in [5, 5.41) is -7.29. The average Bonchev–Trinajstić information content (AvgIpc) is 2.75. The van der Waals surface area contributed by atoms with Crippen LogP contribution in [-0.2, 0) is 14.8 Å². The lowest BCUT2D eigenvalue weighted by Crippen LogP contribution is -2.68. The molecule has 0 atom stereocenters. The van der Waals surface area contributed by atoms with Gasteiger partial charge in [0.1, 0.15) is 0 Å². The molecule has 0 aliphatic carbocycles. The maximum Gasteiger partial charge on any atom is 0.460 e. The molecule has 1 heterocycles. The molecule has 0 N–H and O–H groups in total. The summed E-state index contributed by atoms with van der Waals surface area (Å²) < 4.78 is 255. The summed E-state index contributed by atoms with van der Waals surface area (Å²) >= 11 is 0. The van der Waals surface area contributed by atoms with E-state index >= 15 is 0 Å². The van der Waals surface area contributed by atoms with E-state index in [-0.39, 0.29) is 33.4 Å². The largest absolute Gasteiger partial charge is 0.460 e. The second kappa shape index (κ2) is 10.5. The highest BCUT2D eigenvalue weighted by Crippen LogP contribution is 2.60. The molecule has 0 spiro atoms. The van der Waals surface area contributed by atoms with E-state index in [1.807, 2.05) is 0 Å². The second-order valence-corrected chi connectivity index (χ2v) is 10.3. The lowest BCUT2D eigenvalue weighted by atomic mass is 9.93. The van der Waals surface area contributed by atoms with Gasteiger partial charge in [0.05, 0.1) is 19.6 Å². The molecule has 0 aromatic heterocycles. The Morgan fingerprint density at radius 3 is 1.44 bits per heavy atom. The van der Waals surface area contributed by atoms with Crippen molar-refractivity contribution in [3.8, 4) is 0 Å². The van der Waals surface area contributed by atoms with Gasteiger partial charge in [-0.15, -0.1) is 0 Å². The molecule has 23 heteroatoms. The van der Waals surface area contributed by atoms with E-state index in [1.54, 1.807) is 0 Å². The number of alkyl halides is 17. The monoisotopic (exact) mass is 640 g/mol. The third kappa shape index (κ3) is 5.86. The molecule has 39 heavy (non-hydrogen) atoms. The van der Waals surface area contributed by atoms with Gasteiger partial charge in [0, 0.05) is 33.2 Å². The van der Waals surface area contributed by atoms with E-state index in [0.717, 1.165) is 0 Å². The van der Waals surface area contributed by atoms with Crippen LogP contribution in [-0.4, -0.2) is 111 Å². The van der Waals surface area contributed by atoms with Gasteiger partial charge in [-0.05, 0) is 0 Å². The van der Waals surface area contributed by atoms with Crippen molar-refractivity contribution in [2.24, 2.45) is 0 Å². The second-order valence-electron chi connectivity index (χ2n) is 8.18. The normalized spacial score (nSPS) is 18.6. The highest BCUT2D eigenvalue weighted by atomic mass is 32.2. The van der Waals surface area contributed by atoms with Crippen molar-refractivity contribution in [2.75, 3.05) is 46.4 Å². The molecular weight excluding hydrogens is 623 g/mol. The first-order valence-corrected chi connectivity index (χ1v) is 11.4. The van der Waals surface area contributed by atoms with E-state index in [4.69, 9.17) is 4.74 Å². The van der Waals surface area contributed by atoms with Gasteiger partial charge >= 0.3 is 47.0 Å². The Morgan fingerprint density at radius 2 is 1.05 bits per heavy atom. The minimum absolute atomic E-state index is 0.0462. The van der Waals surface area contributed by atoms with Crippen molar-refractivity contribution in [3.05, 3.63) is 0 Å². The minimum Gasteiger partial charge on any atom is -0.379 e. The molecule has 1 saturated heterocycles. The fourth-order valence-corrected chi connectivity index (χ4v) is 4.07. The van der Waals surface area contributed by atoms with Crippen molar-refractivity contribution in [1.29, 1.82) is 0 Å². The van der Waals surface area contributed by atoms with Gasteiger partial charge in [-0.2, -0.15) is 78.9 Å². The van der Waals surface area contributed by atoms with E-state index in [9.17, 15) is 83.1 Å². The van der Waals surface area contributed by atoms with Gasteiger partial charge in [0.2, 0.25) is 0 Å². The highest BCUT2D eigenvalue weighted by Gasteiger charge is 2.88. The third-order valence-corrected chi connectivity index (χ3v) is 7.35. The van der Waals surface area contributed by atoms with Gasteiger partial charge in [0.15, 0.2) is 0 Å². The Labute approximate surface area is 207 Å². The van der Waals surface area contributed by atoms with Gasteiger partial charge in [0.25, 0.3) is 10.0 Å². The topological polar surface area (TPSA) is 49.9 Å². The molecule has 5 nitrogen and oxygen atoms in total. The molecule has 0 radical (unpaired) electrons. The van der Waals surface area contributed by atoms with Gasteiger partial charge in [-0.25, -0.2) is 8.42 Å². The molecule has 0 unspecified atom stereocenters. The third-order valence-electron chi connectivity index (χ3n) is 5.44. The first kappa shape index (κ1) is 35.7. The molecule has 0 aromatic rings. The van der Waals surface area contributed by atoms with Crippen LogP contribution in [0.3, 0.4) is 0 Å². The number of sulfonamides is 1. The van der Waals surface area contributed by atoms with Crippen LogP contribution < -0.4 is 0 Å². The first-order chi connectivity index (χ1) is 17.0. The van der Waals surface area contributed by atoms with Gasteiger partial charge in [-0.3, -0.25) is 4.90 Å². The Morgan fingerprint density at radius 1 is 0.667 bits per heavy atom. The van der Waals surface area contributed by atoms with Crippen LogP contribution in [0.1, 0.15) is 6.42 Å². The van der Waals surface area contributed by atoms with Gasteiger partial charge < -0.3 is 4.74 Å². The van der Waals surface area contributed by atoms with Crippen molar-refractivity contribution in [2.45, 2.75) is 53.4 Å². The van der Waals surface area contributed by atoms with Crippen LogP contribution in [0.5, 0.6) is 0 Å². The predicted octanol–water partition coefficient (Wildman–Crippen LogP) is 4.94. The first-order valence-electron chi connectivity index (χ1n) is 9.93. The standard InChI is InChI=1S/C16H17F17N2O3S/c1-34(2-3-35-4-6-38-7-5-35)39(36,37)16(32,33)14(27,28)12(23,24)10(19,20)8-9(17,18)11(21,22)13(25,26)15(29,30)31/h2-8H2,1H3. The number of ether oxygens (including phenoxy) is 1. The number of rotatable bonds is 12. The zero-order valence-corrected chi connectivity index (χ0v) is 19.7. The van der Waals surface area contributed by atoms with E-state index < -0.39 is 80.8 Å². The van der Waals surface area contributed by atoms with Crippen LogP contribution in [0.2, 0.25) is 0 Å². The van der Waals surface area contributed by atoms with Crippen molar-refractivity contribution < 1.29 is 87.8 Å². The van der Waals surface area contributed by atoms with Crippen molar-refractivity contribution in [3.63, 3.8) is 0 Å². The Hall–Kier alpha value is -1.36. The summed E-state index contributed by atoms with van der Waals surface area (Å²) in [4.78, 5) is 1.30. The molecule has 0 aromatic carbocycles. The summed E-state index contributed by atoms with van der Waals surface area (Å²) in [6.45, 7) is -1.49. The maximum atomic E-state index is 14.2. The van der Waals surface area contributed by atoms with E-state index in [2.05, 4.69) is 0 Å². The Kier molecular flexibility index (Phi) is 9.58. The summed E-state index contributed by atoms with van der Waals surface area (Å²) in [6.07, 6.45) is -12.6. The SMILES string of the molecule is CN(CCN1CCOCC1)S(=O)(=O)C(F)(F)C(F)(F)C(F)(F)C(F)(F)CC(F)(F)C(F)(F)C(F)(F)C(F)(F)F. The minimum atomic E-state index is -8.05. The molecule has 1 rings (SSSR count). The van der Waals surface area contributed by atoms with Gasteiger partial charge in [-0.1, -0.05) is 0 Å².